The minimum absolute atomic E-state index is 0.0808. The van der Waals surface area contributed by atoms with E-state index in [0.717, 1.165) is 5.75 Å². The van der Waals surface area contributed by atoms with Gasteiger partial charge < -0.3 is 18.7 Å². The molecule has 0 atom stereocenters. The van der Waals surface area contributed by atoms with E-state index in [4.69, 9.17) is 30.3 Å². The summed E-state index contributed by atoms with van der Waals surface area (Å²) in [5.74, 6) is 1.22. The van der Waals surface area contributed by atoms with Gasteiger partial charge in [0.15, 0.2) is 0 Å². The van der Waals surface area contributed by atoms with Crippen molar-refractivity contribution in [2.45, 2.75) is 6.92 Å². The lowest BCUT2D eigenvalue weighted by Crippen LogP contribution is -2.13. The van der Waals surface area contributed by atoms with Gasteiger partial charge >= 0.3 is 5.97 Å². The molecule has 7 heteroatoms. The Labute approximate surface area is 161 Å². The van der Waals surface area contributed by atoms with Crippen molar-refractivity contribution in [1.29, 1.82) is 0 Å². The SMILES string of the molecule is COc1ccc(OCCOC(=O)c2c(-c3ccccc3Cl)noc2C)cc1. The van der Waals surface area contributed by atoms with Crippen molar-refractivity contribution < 1.29 is 23.5 Å². The van der Waals surface area contributed by atoms with E-state index in [1.54, 1.807) is 56.5 Å². The normalized spacial score (nSPS) is 10.5. The molecule has 1 aromatic heterocycles. The Hall–Kier alpha value is -2.99. The number of ether oxygens (including phenoxy) is 3. The molecule has 0 aliphatic rings. The maximum absolute atomic E-state index is 12.5. The average molecular weight is 388 g/mol. The lowest BCUT2D eigenvalue weighted by molar-refractivity contribution is 0.0449. The summed E-state index contributed by atoms with van der Waals surface area (Å²) >= 11 is 6.20. The number of hydrogen-bond donors (Lipinski definition) is 0. The fourth-order valence-electron chi connectivity index (χ4n) is 2.49. The van der Waals surface area contributed by atoms with Crippen molar-refractivity contribution >= 4 is 17.6 Å². The third-order valence-corrected chi connectivity index (χ3v) is 4.17. The zero-order valence-electron chi connectivity index (χ0n) is 14.9. The largest absolute Gasteiger partial charge is 0.497 e. The van der Waals surface area contributed by atoms with Crippen LogP contribution in [0.3, 0.4) is 0 Å². The van der Waals surface area contributed by atoms with Crippen molar-refractivity contribution in [3.8, 4) is 22.8 Å². The number of hydrogen-bond acceptors (Lipinski definition) is 6. The van der Waals surface area contributed by atoms with Crippen LogP contribution >= 0.6 is 11.6 Å². The summed E-state index contributed by atoms with van der Waals surface area (Å²) in [6, 6.07) is 14.2. The van der Waals surface area contributed by atoms with Gasteiger partial charge in [0.2, 0.25) is 0 Å². The van der Waals surface area contributed by atoms with Crippen LogP contribution in [-0.4, -0.2) is 31.4 Å². The van der Waals surface area contributed by atoms with Gasteiger partial charge in [0.25, 0.3) is 0 Å². The van der Waals surface area contributed by atoms with Gasteiger partial charge in [-0.2, -0.15) is 0 Å². The topological polar surface area (TPSA) is 70.8 Å². The fraction of sp³-hybridized carbons (Fsp3) is 0.200. The molecule has 3 aromatic rings. The Morgan fingerprint density at radius 3 is 2.48 bits per heavy atom. The summed E-state index contributed by atoms with van der Waals surface area (Å²) in [4.78, 5) is 12.5. The summed E-state index contributed by atoms with van der Waals surface area (Å²) in [5.41, 5.74) is 1.23. The molecule has 0 spiro atoms. The van der Waals surface area contributed by atoms with Gasteiger partial charge in [-0.1, -0.05) is 35.0 Å². The molecule has 0 fully saturated rings. The molecule has 1 heterocycles. The van der Waals surface area contributed by atoms with E-state index >= 15 is 0 Å². The predicted octanol–water partition coefficient (Wildman–Crippen LogP) is 4.55. The van der Waals surface area contributed by atoms with Crippen LogP contribution in [0.2, 0.25) is 5.02 Å². The van der Waals surface area contributed by atoms with Crippen molar-refractivity contribution in [3.05, 3.63) is 64.9 Å². The molecule has 6 nitrogen and oxygen atoms in total. The fourth-order valence-corrected chi connectivity index (χ4v) is 2.71. The molecule has 0 aliphatic heterocycles. The van der Waals surface area contributed by atoms with E-state index in [0.29, 0.717) is 27.8 Å². The number of rotatable bonds is 7. The molecule has 2 aromatic carbocycles. The summed E-state index contributed by atoms with van der Waals surface area (Å²) in [6.07, 6.45) is 0. The van der Waals surface area contributed by atoms with Gasteiger partial charge in [-0.15, -0.1) is 0 Å². The number of esters is 1. The smallest absolute Gasteiger partial charge is 0.344 e. The summed E-state index contributed by atoms with van der Waals surface area (Å²) in [7, 11) is 1.60. The highest BCUT2D eigenvalue weighted by Gasteiger charge is 2.24. The molecule has 0 N–H and O–H groups in total. The van der Waals surface area contributed by atoms with Crippen LogP contribution in [0.4, 0.5) is 0 Å². The Morgan fingerprint density at radius 1 is 1.07 bits per heavy atom. The second-order valence-corrected chi connectivity index (χ2v) is 6.01. The van der Waals surface area contributed by atoms with Crippen molar-refractivity contribution in [2.24, 2.45) is 0 Å². The van der Waals surface area contributed by atoms with Gasteiger partial charge in [-0.25, -0.2) is 4.79 Å². The number of benzene rings is 2. The summed E-state index contributed by atoms with van der Waals surface area (Å²) in [5, 5.41) is 4.43. The number of carbonyl (C=O) groups is 1. The third-order valence-electron chi connectivity index (χ3n) is 3.84. The predicted molar refractivity (Wildman–Crippen MR) is 100 cm³/mol. The monoisotopic (exact) mass is 387 g/mol. The molecule has 0 radical (unpaired) electrons. The van der Waals surface area contributed by atoms with Crippen LogP contribution in [0.1, 0.15) is 16.1 Å². The maximum Gasteiger partial charge on any atom is 0.344 e. The average Bonchev–Trinajstić information content (AvgIpc) is 3.07. The highest BCUT2D eigenvalue weighted by atomic mass is 35.5. The molecule has 27 heavy (non-hydrogen) atoms. The summed E-state index contributed by atoms with van der Waals surface area (Å²) < 4.78 is 21.1. The second kappa shape index (κ2) is 8.60. The summed E-state index contributed by atoms with van der Waals surface area (Å²) in [6.45, 7) is 1.94. The maximum atomic E-state index is 12.5. The Balaban J connectivity index is 1.61. The van der Waals surface area contributed by atoms with E-state index in [1.165, 1.54) is 0 Å². The van der Waals surface area contributed by atoms with E-state index < -0.39 is 5.97 Å². The molecule has 0 saturated heterocycles. The Kier molecular flexibility index (Phi) is 5.98. The van der Waals surface area contributed by atoms with Crippen molar-refractivity contribution in [3.63, 3.8) is 0 Å². The number of halogens is 1. The Morgan fingerprint density at radius 2 is 1.78 bits per heavy atom. The minimum atomic E-state index is -0.540. The van der Waals surface area contributed by atoms with Gasteiger partial charge in [-0.05, 0) is 37.3 Å². The van der Waals surface area contributed by atoms with E-state index in [-0.39, 0.29) is 18.8 Å². The first-order chi connectivity index (χ1) is 13.1. The zero-order chi connectivity index (χ0) is 19.2. The van der Waals surface area contributed by atoms with E-state index in [9.17, 15) is 4.79 Å². The highest BCUT2D eigenvalue weighted by molar-refractivity contribution is 6.33. The van der Waals surface area contributed by atoms with Crippen LogP contribution in [0.15, 0.2) is 53.1 Å². The lowest BCUT2D eigenvalue weighted by atomic mass is 10.1. The number of aryl methyl sites for hydroxylation is 1. The quantitative estimate of drug-likeness (QED) is 0.437. The molecule has 0 saturated carbocycles. The zero-order valence-corrected chi connectivity index (χ0v) is 15.7. The molecular formula is C20H18ClNO5. The van der Waals surface area contributed by atoms with Gasteiger partial charge in [0.1, 0.15) is 41.7 Å². The van der Waals surface area contributed by atoms with Crippen LogP contribution < -0.4 is 9.47 Å². The number of methoxy groups -OCH3 is 1. The lowest BCUT2D eigenvalue weighted by Gasteiger charge is -2.08. The first-order valence-electron chi connectivity index (χ1n) is 8.25. The first kappa shape index (κ1) is 18.8. The van der Waals surface area contributed by atoms with E-state index in [1.807, 2.05) is 6.07 Å². The first-order valence-corrected chi connectivity index (χ1v) is 8.63. The number of nitrogens with zero attached hydrogens (tertiary/aromatic N) is 1. The molecule has 0 amide bonds. The molecule has 140 valence electrons. The molecular weight excluding hydrogens is 370 g/mol. The molecule has 0 bridgehead atoms. The standard InChI is InChI=1S/C20H18ClNO5/c1-13-18(19(22-27-13)16-5-3-4-6-17(16)21)20(23)26-12-11-25-15-9-7-14(24-2)8-10-15/h3-10H,11-12H2,1-2H3. The van der Waals surface area contributed by atoms with Gasteiger partial charge in [0, 0.05) is 5.56 Å². The van der Waals surface area contributed by atoms with Crippen LogP contribution in [0.25, 0.3) is 11.3 Å². The van der Waals surface area contributed by atoms with Crippen LogP contribution in [-0.2, 0) is 4.74 Å². The second-order valence-electron chi connectivity index (χ2n) is 5.60. The number of carbonyl (C=O) groups excluding carboxylic acids is 1. The van der Waals surface area contributed by atoms with Crippen LogP contribution in [0, 0.1) is 6.92 Å². The van der Waals surface area contributed by atoms with E-state index in [2.05, 4.69) is 5.16 Å². The molecule has 0 aliphatic carbocycles. The minimum Gasteiger partial charge on any atom is -0.497 e. The molecule has 0 unspecified atom stereocenters. The number of aromatic nitrogens is 1. The highest BCUT2D eigenvalue weighted by Crippen LogP contribution is 2.31. The van der Waals surface area contributed by atoms with Gasteiger partial charge in [-0.3, -0.25) is 0 Å². The Bertz CT molecular complexity index is 920. The molecule has 3 rings (SSSR count). The third kappa shape index (κ3) is 4.41. The van der Waals surface area contributed by atoms with Gasteiger partial charge in [0.05, 0.1) is 12.1 Å². The van der Waals surface area contributed by atoms with Crippen molar-refractivity contribution in [1.82, 2.24) is 5.16 Å². The van der Waals surface area contributed by atoms with Crippen LogP contribution in [0.5, 0.6) is 11.5 Å². The van der Waals surface area contributed by atoms with Crippen molar-refractivity contribution in [2.75, 3.05) is 20.3 Å².